The van der Waals surface area contributed by atoms with Gasteiger partial charge < -0.3 is 10.6 Å². The lowest BCUT2D eigenvalue weighted by molar-refractivity contribution is -0.115. The number of benzene rings is 3. The van der Waals surface area contributed by atoms with Crippen LogP contribution in [-0.4, -0.2) is 17.1 Å². The molecule has 0 aliphatic heterocycles. The van der Waals surface area contributed by atoms with Crippen molar-refractivity contribution < 1.29 is 9.59 Å². The van der Waals surface area contributed by atoms with Crippen LogP contribution in [0.5, 0.6) is 0 Å². The van der Waals surface area contributed by atoms with E-state index < -0.39 is 0 Å². The van der Waals surface area contributed by atoms with E-state index in [0.717, 1.165) is 21.7 Å². The van der Waals surface area contributed by atoms with E-state index in [0.29, 0.717) is 22.7 Å². The van der Waals surface area contributed by atoms with E-state index in [2.05, 4.69) is 16.7 Å². The van der Waals surface area contributed by atoms with Crippen LogP contribution in [0.3, 0.4) is 0 Å². The van der Waals surface area contributed by atoms with Gasteiger partial charge in [0.2, 0.25) is 5.91 Å². The molecule has 7 heteroatoms. The van der Waals surface area contributed by atoms with Gasteiger partial charge in [-0.3, -0.25) is 9.59 Å². The summed E-state index contributed by atoms with van der Waals surface area (Å²) in [5, 5.41) is 6.35. The Hall–Kier alpha value is -2.47. The molecule has 0 aromatic heterocycles. The van der Waals surface area contributed by atoms with Gasteiger partial charge in [-0.25, -0.2) is 0 Å². The van der Waals surface area contributed by atoms with E-state index >= 15 is 0 Å². The first kappa shape index (κ1) is 24.2. The molecule has 0 bridgehead atoms. The first-order valence-corrected chi connectivity index (χ1v) is 11.8. The predicted molar refractivity (Wildman–Crippen MR) is 135 cm³/mol. The van der Waals surface area contributed by atoms with Crippen molar-refractivity contribution >= 4 is 58.2 Å². The summed E-state index contributed by atoms with van der Waals surface area (Å²) in [6.45, 7) is 5.99. The van der Waals surface area contributed by atoms with Crippen LogP contribution in [0.2, 0.25) is 10.0 Å². The molecule has 4 nitrogen and oxygen atoms in total. The molecule has 0 radical (unpaired) electrons. The average molecular weight is 487 g/mol. The third-order valence-corrected chi connectivity index (χ3v) is 6.60. The summed E-state index contributed by atoms with van der Waals surface area (Å²) in [5.41, 5.74) is 3.96. The molecule has 0 heterocycles. The van der Waals surface area contributed by atoms with Gasteiger partial charge in [0.25, 0.3) is 5.91 Å². The maximum Gasteiger partial charge on any atom is 0.257 e. The highest BCUT2D eigenvalue weighted by molar-refractivity contribution is 8.00. The van der Waals surface area contributed by atoms with Crippen LogP contribution in [0.4, 0.5) is 11.4 Å². The van der Waals surface area contributed by atoms with Gasteiger partial charge in [-0.2, -0.15) is 0 Å². The number of rotatable bonds is 7. The van der Waals surface area contributed by atoms with E-state index in [-0.39, 0.29) is 22.1 Å². The molecule has 3 aromatic carbocycles. The van der Waals surface area contributed by atoms with Gasteiger partial charge in [0, 0.05) is 21.3 Å². The van der Waals surface area contributed by atoms with E-state index in [4.69, 9.17) is 23.2 Å². The molecule has 0 saturated carbocycles. The third kappa shape index (κ3) is 6.52. The zero-order valence-electron chi connectivity index (χ0n) is 18.0. The molecule has 0 aliphatic rings. The van der Waals surface area contributed by atoms with Crippen molar-refractivity contribution in [3.63, 3.8) is 0 Å². The number of nitrogens with one attached hydrogen (secondary N) is 2. The standard InChI is InChI=1S/C25H24Cl2N2O2S/c1-4-23(25(31)29-19-11-15(2)10-16(3)12-19)32-20-7-5-6-18(14-20)28-24(30)21-9-8-17(26)13-22(21)27/h5-14,23H,4H2,1-3H3,(H,28,30)(H,29,31). The Morgan fingerprint density at radius 2 is 1.62 bits per heavy atom. The molecule has 1 unspecified atom stereocenters. The van der Waals surface area contributed by atoms with Crippen LogP contribution in [0.25, 0.3) is 0 Å². The number of hydrogen-bond donors (Lipinski definition) is 2. The Morgan fingerprint density at radius 3 is 2.28 bits per heavy atom. The number of aryl methyl sites for hydroxylation is 2. The molecular weight excluding hydrogens is 463 g/mol. The zero-order valence-corrected chi connectivity index (χ0v) is 20.4. The SMILES string of the molecule is CCC(Sc1cccc(NC(=O)c2ccc(Cl)cc2Cl)c1)C(=O)Nc1cc(C)cc(C)c1. The van der Waals surface area contributed by atoms with E-state index in [1.165, 1.54) is 17.8 Å². The minimum atomic E-state index is -0.326. The Balaban J connectivity index is 1.69. The maximum atomic E-state index is 12.9. The monoisotopic (exact) mass is 486 g/mol. The van der Waals surface area contributed by atoms with Crippen LogP contribution in [0.1, 0.15) is 34.8 Å². The van der Waals surface area contributed by atoms with Crippen molar-refractivity contribution in [1.29, 1.82) is 0 Å². The largest absolute Gasteiger partial charge is 0.325 e. The quantitative estimate of drug-likeness (QED) is 0.342. The first-order chi connectivity index (χ1) is 15.2. The predicted octanol–water partition coefficient (Wildman–Crippen LogP) is 7.37. The third-order valence-electron chi connectivity index (χ3n) is 4.70. The smallest absolute Gasteiger partial charge is 0.257 e. The molecule has 3 aromatic rings. The van der Waals surface area contributed by atoms with Crippen molar-refractivity contribution in [3.8, 4) is 0 Å². The summed E-state index contributed by atoms with van der Waals surface area (Å²) in [5.74, 6) is -0.377. The second-order valence-corrected chi connectivity index (χ2v) is 9.61. The minimum Gasteiger partial charge on any atom is -0.325 e. The Kier molecular flexibility index (Phi) is 8.24. The van der Waals surface area contributed by atoms with Gasteiger partial charge in [0.1, 0.15) is 0 Å². The highest BCUT2D eigenvalue weighted by Crippen LogP contribution is 2.29. The maximum absolute atomic E-state index is 12.9. The van der Waals surface area contributed by atoms with Crippen LogP contribution in [0.15, 0.2) is 65.6 Å². The lowest BCUT2D eigenvalue weighted by Gasteiger charge is -2.16. The lowest BCUT2D eigenvalue weighted by atomic mass is 10.1. The second-order valence-electron chi connectivity index (χ2n) is 7.49. The Labute approximate surface area is 202 Å². The molecular formula is C25H24Cl2N2O2S. The minimum absolute atomic E-state index is 0.0510. The Bertz CT molecular complexity index is 1130. The lowest BCUT2D eigenvalue weighted by Crippen LogP contribution is -2.24. The molecule has 1 atom stereocenters. The van der Waals surface area contributed by atoms with E-state index in [1.54, 1.807) is 18.2 Å². The summed E-state index contributed by atoms with van der Waals surface area (Å²) in [6, 6.07) is 18.1. The summed E-state index contributed by atoms with van der Waals surface area (Å²) in [6.07, 6.45) is 0.665. The van der Waals surface area contributed by atoms with Crippen LogP contribution in [-0.2, 0) is 4.79 Å². The van der Waals surface area contributed by atoms with Crippen molar-refractivity contribution in [2.24, 2.45) is 0 Å². The summed E-state index contributed by atoms with van der Waals surface area (Å²) in [4.78, 5) is 26.3. The fourth-order valence-corrected chi connectivity index (χ4v) is 4.78. The van der Waals surface area contributed by atoms with Crippen LogP contribution >= 0.6 is 35.0 Å². The summed E-state index contributed by atoms with van der Waals surface area (Å²) < 4.78 is 0. The molecule has 2 N–H and O–H groups in total. The van der Waals surface area contributed by atoms with E-state index in [1.807, 2.05) is 51.1 Å². The molecule has 0 saturated heterocycles. The van der Waals surface area contributed by atoms with Crippen molar-refractivity contribution in [1.82, 2.24) is 0 Å². The molecule has 2 amide bonds. The summed E-state index contributed by atoms with van der Waals surface area (Å²) >= 11 is 13.5. The Morgan fingerprint density at radius 1 is 0.906 bits per heavy atom. The van der Waals surface area contributed by atoms with Gasteiger partial charge in [0.05, 0.1) is 15.8 Å². The van der Waals surface area contributed by atoms with Crippen molar-refractivity contribution in [2.45, 2.75) is 37.3 Å². The van der Waals surface area contributed by atoms with Crippen LogP contribution < -0.4 is 10.6 Å². The van der Waals surface area contributed by atoms with Crippen molar-refractivity contribution in [2.75, 3.05) is 10.6 Å². The van der Waals surface area contributed by atoms with Crippen molar-refractivity contribution in [3.05, 3.63) is 87.4 Å². The first-order valence-electron chi connectivity index (χ1n) is 10.2. The molecule has 32 heavy (non-hydrogen) atoms. The number of thioether (sulfide) groups is 1. The fourth-order valence-electron chi connectivity index (χ4n) is 3.28. The van der Waals surface area contributed by atoms with Gasteiger partial charge in [-0.15, -0.1) is 11.8 Å². The normalized spacial score (nSPS) is 11.7. The number of hydrogen-bond acceptors (Lipinski definition) is 3. The number of anilines is 2. The molecule has 166 valence electrons. The van der Waals surface area contributed by atoms with Gasteiger partial charge in [-0.05, 0) is 79.9 Å². The number of carbonyl (C=O) groups excluding carboxylic acids is 2. The van der Waals surface area contributed by atoms with Crippen LogP contribution in [0, 0.1) is 13.8 Å². The zero-order chi connectivity index (χ0) is 23.3. The summed E-state index contributed by atoms with van der Waals surface area (Å²) in [7, 11) is 0. The number of halogens is 2. The molecule has 0 aliphatic carbocycles. The number of carbonyl (C=O) groups is 2. The van der Waals surface area contributed by atoms with Gasteiger partial charge in [-0.1, -0.05) is 42.3 Å². The number of amides is 2. The van der Waals surface area contributed by atoms with E-state index in [9.17, 15) is 9.59 Å². The van der Waals surface area contributed by atoms with Gasteiger partial charge in [0.15, 0.2) is 0 Å². The second kappa shape index (κ2) is 10.9. The van der Waals surface area contributed by atoms with Gasteiger partial charge >= 0.3 is 0 Å². The fraction of sp³-hybridized carbons (Fsp3) is 0.200. The molecule has 0 fully saturated rings. The highest BCUT2D eigenvalue weighted by atomic mass is 35.5. The molecule has 3 rings (SSSR count). The highest BCUT2D eigenvalue weighted by Gasteiger charge is 2.19. The average Bonchev–Trinajstić information content (AvgIpc) is 2.71. The topological polar surface area (TPSA) is 58.2 Å². The molecule has 0 spiro atoms.